The van der Waals surface area contributed by atoms with E-state index in [4.69, 9.17) is 0 Å². The molecule has 0 rings (SSSR count). The van der Waals surface area contributed by atoms with Gasteiger partial charge in [-0.05, 0) is 33.6 Å². The number of allylic oxidation sites excluding steroid dienone is 3. The first-order valence-corrected chi connectivity index (χ1v) is 5.13. The van der Waals surface area contributed by atoms with E-state index in [-0.39, 0.29) is 0 Å². The molecule has 0 spiro atoms. The lowest BCUT2D eigenvalue weighted by molar-refractivity contribution is 0.420. The molecule has 0 heterocycles. The van der Waals surface area contributed by atoms with Gasteiger partial charge in [0, 0.05) is 19.3 Å². The third-order valence-electron chi connectivity index (χ3n) is 2.65. The Bertz CT molecular complexity index is 189. The van der Waals surface area contributed by atoms with Gasteiger partial charge in [0.05, 0.1) is 0 Å². The molecule has 0 bridgehead atoms. The highest BCUT2D eigenvalue weighted by Gasteiger charge is 1.99. The van der Waals surface area contributed by atoms with Crippen LogP contribution in [0.1, 0.15) is 40.5 Å². The predicted octanol–water partition coefficient (Wildman–Crippen LogP) is 3.59. The fourth-order valence-corrected chi connectivity index (χ4v) is 1.23. The highest BCUT2D eigenvalue weighted by atomic mass is 15.1. The third kappa shape index (κ3) is 4.76. The second kappa shape index (κ2) is 6.76. The Morgan fingerprint density at radius 1 is 1.23 bits per heavy atom. The quantitative estimate of drug-likeness (QED) is 0.586. The molecule has 0 amide bonds. The molecule has 0 aliphatic carbocycles. The van der Waals surface area contributed by atoms with Gasteiger partial charge in [-0.25, -0.2) is 0 Å². The van der Waals surface area contributed by atoms with Crippen LogP contribution in [-0.2, 0) is 0 Å². The molecule has 0 atom stereocenters. The van der Waals surface area contributed by atoms with Crippen LogP contribution < -0.4 is 0 Å². The van der Waals surface area contributed by atoms with Crippen LogP contribution in [0.25, 0.3) is 0 Å². The van der Waals surface area contributed by atoms with Gasteiger partial charge in [-0.3, -0.25) is 0 Å². The Morgan fingerprint density at radius 3 is 2.23 bits per heavy atom. The van der Waals surface area contributed by atoms with Crippen LogP contribution in [0.4, 0.5) is 0 Å². The Hall–Kier alpha value is -0.720. The van der Waals surface area contributed by atoms with Gasteiger partial charge in [0.15, 0.2) is 0 Å². The molecule has 0 aliphatic heterocycles. The van der Waals surface area contributed by atoms with E-state index >= 15 is 0 Å². The average Bonchev–Trinajstić information content (AvgIpc) is 2.17. The zero-order valence-electron chi connectivity index (χ0n) is 9.72. The minimum atomic E-state index is 1.13. The second-order valence-electron chi connectivity index (χ2n) is 3.40. The first kappa shape index (κ1) is 12.3. The minimum Gasteiger partial charge on any atom is -0.378 e. The van der Waals surface area contributed by atoms with E-state index in [9.17, 15) is 0 Å². The van der Waals surface area contributed by atoms with Crippen molar-refractivity contribution >= 4 is 0 Å². The Morgan fingerprint density at radius 2 is 1.85 bits per heavy atom. The molecule has 0 fully saturated rings. The summed E-state index contributed by atoms with van der Waals surface area (Å²) in [6.07, 6.45) is 6.76. The fraction of sp³-hybridized carbons (Fsp3) is 0.667. The van der Waals surface area contributed by atoms with Crippen LogP contribution >= 0.6 is 0 Å². The standard InChI is InChI=1S/C12H23N/c1-6-11(4)13(5)10-9-12(7-2)8-3/h6-7H,8-10H2,1-5H3/b11-6-,12-7-. The molecule has 0 aromatic carbocycles. The van der Waals surface area contributed by atoms with Gasteiger partial charge in [-0.15, -0.1) is 0 Å². The Labute approximate surface area is 83.1 Å². The fourth-order valence-electron chi connectivity index (χ4n) is 1.23. The lowest BCUT2D eigenvalue weighted by atomic mass is 10.1. The van der Waals surface area contributed by atoms with Gasteiger partial charge in [0.2, 0.25) is 0 Å². The molecule has 0 aromatic rings. The van der Waals surface area contributed by atoms with Crippen molar-refractivity contribution in [2.75, 3.05) is 13.6 Å². The second-order valence-corrected chi connectivity index (χ2v) is 3.40. The summed E-state index contributed by atoms with van der Waals surface area (Å²) in [5.74, 6) is 0. The van der Waals surface area contributed by atoms with Crippen molar-refractivity contribution in [3.63, 3.8) is 0 Å². The molecule has 0 unspecified atom stereocenters. The van der Waals surface area contributed by atoms with Gasteiger partial charge < -0.3 is 4.90 Å². The summed E-state index contributed by atoms with van der Waals surface area (Å²) in [5, 5.41) is 0. The Balaban J connectivity index is 3.89. The number of nitrogens with zero attached hydrogens (tertiary/aromatic N) is 1. The largest absolute Gasteiger partial charge is 0.378 e. The van der Waals surface area contributed by atoms with Crippen LogP contribution in [0.2, 0.25) is 0 Å². The zero-order valence-corrected chi connectivity index (χ0v) is 9.72. The first-order valence-electron chi connectivity index (χ1n) is 5.13. The van der Waals surface area contributed by atoms with Crippen LogP contribution in [0.5, 0.6) is 0 Å². The van der Waals surface area contributed by atoms with E-state index in [0.29, 0.717) is 0 Å². The van der Waals surface area contributed by atoms with Crippen molar-refractivity contribution in [3.05, 3.63) is 23.4 Å². The predicted molar refractivity (Wildman–Crippen MR) is 60.7 cm³/mol. The number of rotatable bonds is 5. The summed E-state index contributed by atoms with van der Waals surface area (Å²) in [6, 6.07) is 0. The van der Waals surface area contributed by atoms with E-state index < -0.39 is 0 Å². The highest BCUT2D eigenvalue weighted by molar-refractivity contribution is 5.01. The molecular formula is C12H23N. The first-order chi connectivity index (χ1) is 6.15. The van der Waals surface area contributed by atoms with Gasteiger partial charge in [0.25, 0.3) is 0 Å². The van der Waals surface area contributed by atoms with Crippen molar-refractivity contribution in [2.24, 2.45) is 0 Å². The minimum absolute atomic E-state index is 1.13. The van der Waals surface area contributed by atoms with Crippen LogP contribution in [0.15, 0.2) is 23.4 Å². The van der Waals surface area contributed by atoms with Crippen LogP contribution in [-0.4, -0.2) is 18.5 Å². The monoisotopic (exact) mass is 181 g/mol. The maximum atomic E-state index is 2.30. The summed E-state index contributed by atoms with van der Waals surface area (Å²) >= 11 is 0. The zero-order chi connectivity index (χ0) is 10.3. The average molecular weight is 181 g/mol. The van der Waals surface area contributed by atoms with E-state index in [0.717, 1.165) is 6.54 Å². The molecule has 13 heavy (non-hydrogen) atoms. The van der Waals surface area contributed by atoms with Crippen LogP contribution in [0.3, 0.4) is 0 Å². The maximum Gasteiger partial charge on any atom is 0.0208 e. The van der Waals surface area contributed by atoms with Crippen molar-refractivity contribution in [3.8, 4) is 0 Å². The number of hydrogen-bond acceptors (Lipinski definition) is 1. The molecule has 0 saturated heterocycles. The van der Waals surface area contributed by atoms with Crippen molar-refractivity contribution < 1.29 is 0 Å². The lowest BCUT2D eigenvalue weighted by Gasteiger charge is -2.20. The van der Waals surface area contributed by atoms with Gasteiger partial charge >= 0.3 is 0 Å². The molecule has 76 valence electrons. The summed E-state index contributed by atoms with van der Waals surface area (Å²) in [7, 11) is 2.15. The third-order valence-corrected chi connectivity index (χ3v) is 2.65. The lowest BCUT2D eigenvalue weighted by Crippen LogP contribution is -2.17. The van der Waals surface area contributed by atoms with E-state index in [1.165, 1.54) is 18.5 Å². The van der Waals surface area contributed by atoms with Gasteiger partial charge in [0.1, 0.15) is 0 Å². The van der Waals surface area contributed by atoms with Crippen molar-refractivity contribution in [2.45, 2.75) is 40.5 Å². The molecule has 0 aromatic heterocycles. The summed E-state index contributed by atoms with van der Waals surface area (Å²) in [6.45, 7) is 9.71. The van der Waals surface area contributed by atoms with E-state index in [2.05, 4.69) is 51.8 Å². The Kier molecular flexibility index (Phi) is 6.38. The normalized spacial score (nSPS) is 13.3. The van der Waals surface area contributed by atoms with E-state index in [1.807, 2.05) is 0 Å². The molecule has 0 saturated carbocycles. The van der Waals surface area contributed by atoms with Crippen LogP contribution in [0, 0.1) is 0 Å². The molecule has 0 radical (unpaired) electrons. The van der Waals surface area contributed by atoms with Gasteiger partial charge in [-0.1, -0.05) is 24.6 Å². The molecule has 1 nitrogen and oxygen atoms in total. The maximum absolute atomic E-state index is 2.30. The smallest absolute Gasteiger partial charge is 0.0208 e. The molecule has 0 N–H and O–H groups in total. The SMILES string of the molecule is C/C=C(/CC)CCN(C)/C(C)=C\C. The topological polar surface area (TPSA) is 3.24 Å². The van der Waals surface area contributed by atoms with Crippen molar-refractivity contribution in [1.29, 1.82) is 0 Å². The van der Waals surface area contributed by atoms with Crippen molar-refractivity contribution in [1.82, 2.24) is 4.90 Å². The summed E-state index contributed by atoms with van der Waals surface area (Å²) in [5.41, 5.74) is 2.90. The molecule has 1 heteroatoms. The summed E-state index contributed by atoms with van der Waals surface area (Å²) in [4.78, 5) is 2.30. The molecular weight excluding hydrogens is 158 g/mol. The van der Waals surface area contributed by atoms with Gasteiger partial charge in [-0.2, -0.15) is 0 Å². The highest BCUT2D eigenvalue weighted by Crippen LogP contribution is 2.09. The molecule has 0 aliphatic rings. The summed E-state index contributed by atoms with van der Waals surface area (Å²) < 4.78 is 0. The van der Waals surface area contributed by atoms with E-state index in [1.54, 1.807) is 5.57 Å². The number of hydrogen-bond donors (Lipinski definition) is 0.